The van der Waals surface area contributed by atoms with Gasteiger partial charge in [-0.15, -0.1) is 0 Å². The molecule has 0 bridgehead atoms. The van der Waals surface area contributed by atoms with Crippen LogP contribution in [0.2, 0.25) is 0 Å². The highest BCUT2D eigenvalue weighted by molar-refractivity contribution is 5.75. The van der Waals surface area contributed by atoms with Crippen molar-refractivity contribution in [3.05, 3.63) is 0 Å². The number of rotatable bonds is 6. The summed E-state index contributed by atoms with van der Waals surface area (Å²) < 4.78 is 5.00. The Morgan fingerprint density at radius 1 is 1.50 bits per heavy atom. The Balaban J connectivity index is 3.43. The molecule has 1 N–H and O–H groups in total. The van der Waals surface area contributed by atoms with Gasteiger partial charge in [-0.25, -0.2) is 0 Å². The van der Waals surface area contributed by atoms with E-state index in [9.17, 15) is 4.79 Å². The van der Waals surface area contributed by atoms with Gasteiger partial charge in [0.25, 0.3) is 0 Å². The summed E-state index contributed by atoms with van der Waals surface area (Å²) in [7, 11) is 0. The van der Waals surface area contributed by atoms with Gasteiger partial charge >= 0.3 is 5.97 Å². The Bertz CT molecular complexity index is 126. The van der Waals surface area contributed by atoms with Crippen molar-refractivity contribution < 1.29 is 9.53 Å². The first-order valence-corrected chi connectivity index (χ1v) is 4.62. The Hall–Kier alpha value is -0.570. The van der Waals surface area contributed by atoms with Gasteiger partial charge in [-0.1, -0.05) is 20.3 Å². The molecule has 0 aromatic heterocycles. The monoisotopic (exact) mass is 173 g/mol. The second-order valence-corrected chi connectivity index (χ2v) is 2.80. The van der Waals surface area contributed by atoms with Gasteiger partial charge in [-0.3, -0.25) is 4.79 Å². The number of likely N-dealkylation sites (N-methyl/N-ethyl adjacent to an activating group) is 1. The molecule has 0 amide bonds. The molecular weight excluding hydrogens is 154 g/mol. The summed E-state index contributed by atoms with van der Waals surface area (Å²) in [6, 6.07) is -0.174. The standard InChI is InChI=1S/C9H19NO2/c1-4-6-7-12-9(11)8(3)10-5-2/h8,10H,4-7H2,1-3H3/t8-/m1/s1. The third kappa shape index (κ3) is 5.13. The fourth-order valence-electron chi connectivity index (χ4n) is 0.832. The minimum atomic E-state index is -0.174. The van der Waals surface area contributed by atoms with Crippen molar-refractivity contribution in [2.75, 3.05) is 13.2 Å². The number of ether oxygens (including phenoxy) is 1. The molecule has 12 heavy (non-hydrogen) atoms. The van der Waals surface area contributed by atoms with E-state index < -0.39 is 0 Å². The minimum Gasteiger partial charge on any atom is -0.465 e. The number of hydrogen-bond acceptors (Lipinski definition) is 3. The van der Waals surface area contributed by atoms with Gasteiger partial charge in [-0.05, 0) is 19.9 Å². The van der Waals surface area contributed by atoms with Crippen LogP contribution in [0.25, 0.3) is 0 Å². The molecule has 0 rings (SSSR count). The van der Waals surface area contributed by atoms with Crippen LogP contribution in [0.15, 0.2) is 0 Å². The molecule has 0 spiro atoms. The molecule has 72 valence electrons. The number of unbranched alkanes of at least 4 members (excludes halogenated alkanes) is 1. The molecule has 0 aromatic rings. The summed E-state index contributed by atoms with van der Waals surface area (Å²) in [5, 5.41) is 3.00. The van der Waals surface area contributed by atoms with Crippen molar-refractivity contribution in [2.24, 2.45) is 0 Å². The molecule has 3 nitrogen and oxygen atoms in total. The highest BCUT2D eigenvalue weighted by Crippen LogP contribution is 1.92. The summed E-state index contributed by atoms with van der Waals surface area (Å²) in [4.78, 5) is 11.1. The van der Waals surface area contributed by atoms with E-state index in [1.54, 1.807) is 0 Å². The Morgan fingerprint density at radius 2 is 2.17 bits per heavy atom. The van der Waals surface area contributed by atoms with Crippen molar-refractivity contribution in [2.45, 2.75) is 39.7 Å². The Labute approximate surface area is 74.5 Å². The summed E-state index contributed by atoms with van der Waals surface area (Å²) >= 11 is 0. The zero-order valence-corrected chi connectivity index (χ0v) is 8.22. The lowest BCUT2D eigenvalue weighted by molar-refractivity contribution is -0.145. The number of carbonyl (C=O) groups is 1. The second-order valence-electron chi connectivity index (χ2n) is 2.80. The molecule has 0 saturated carbocycles. The van der Waals surface area contributed by atoms with E-state index >= 15 is 0 Å². The van der Waals surface area contributed by atoms with Crippen molar-refractivity contribution >= 4 is 5.97 Å². The van der Waals surface area contributed by atoms with Gasteiger partial charge in [0, 0.05) is 0 Å². The Morgan fingerprint density at radius 3 is 2.67 bits per heavy atom. The largest absolute Gasteiger partial charge is 0.465 e. The van der Waals surface area contributed by atoms with Crippen molar-refractivity contribution in [1.29, 1.82) is 0 Å². The first-order chi connectivity index (χ1) is 5.72. The van der Waals surface area contributed by atoms with Gasteiger partial charge in [0.15, 0.2) is 0 Å². The van der Waals surface area contributed by atoms with Crippen molar-refractivity contribution in [1.82, 2.24) is 5.32 Å². The number of nitrogens with one attached hydrogen (secondary N) is 1. The average molecular weight is 173 g/mol. The van der Waals surface area contributed by atoms with Gasteiger partial charge < -0.3 is 10.1 Å². The van der Waals surface area contributed by atoms with Crippen LogP contribution in [0.4, 0.5) is 0 Å². The maximum atomic E-state index is 11.1. The first-order valence-electron chi connectivity index (χ1n) is 4.62. The normalized spacial score (nSPS) is 12.6. The van der Waals surface area contributed by atoms with Crippen LogP contribution in [-0.4, -0.2) is 25.2 Å². The fraction of sp³-hybridized carbons (Fsp3) is 0.889. The molecule has 3 heteroatoms. The molecule has 1 atom stereocenters. The van der Waals surface area contributed by atoms with Crippen LogP contribution >= 0.6 is 0 Å². The smallest absolute Gasteiger partial charge is 0.322 e. The first kappa shape index (κ1) is 11.4. The number of hydrogen-bond donors (Lipinski definition) is 1. The molecule has 0 radical (unpaired) electrons. The summed E-state index contributed by atoms with van der Waals surface area (Å²) in [5.74, 6) is -0.148. The maximum absolute atomic E-state index is 11.1. The predicted octanol–water partition coefficient (Wildman–Crippen LogP) is 1.33. The Kier molecular flexibility index (Phi) is 6.76. The second kappa shape index (κ2) is 7.10. The van der Waals surface area contributed by atoms with E-state index in [-0.39, 0.29) is 12.0 Å². The van der Waals surface area contributed by atoms with Crippen LogP contribution in [0.1, 0.15) is 33.6 Å². The lowest BCUT2D eigenvalue weighted by atomic mass is 10.3. The van der Waals surface area contributed by atoms with Crippen LogP contribution in [0.3, 0.4) is 0 Å². The molecule has 0 aliphatic heterocycles. The molecule has 0 unspecified atom stereocenters. The summed E-state index contributed by atoms with van der Waals surface area (Å²) in [6.07, 6.45) is 2.01. The zero-order chi connectivity index (χ0) is 9.40. The minimum absolute atomic E-state index is 0.148. The molecule has 0 aliphatic rings. The average Bonchev–Trinajstić information content (AvgIpc) is 2.05. The van der Waals surface area contributed by atoms with E-state index in [1.807, 2.05) is 13.8 Å². The highest BCUT2D eigenvalue weighted by Gasteiger charge is 2.11. The lowest BCUT2D eigenvalue weighted by Crippen LogP contribution is -2.35. The van der Waals surface area contributed by atoms with Gasteiger partial charge in [0.05, 0.1) is 6.61 Å². The highest BCUT2D eigenvalue weighted by atomic mass is 16.5. The zero-order valence-electron chi connectivity index (χ0n) is 8.22. The van der Waals surface area contributed by atoms with Crippen LogP contribution in [0.5, 0.6) is 0 Å². The van der Waals surface area contributed by atoms with E-state index in [0.29, 0.717) is 6.61 Å². The van der Waals surface area contributed by atoms with E-state index in [0.717, 1.165) is 19.4 Å². The van der Waals surface area contributed by atoms with E-state index in [4.69, 9.17) is 4.74 Å². The number of carbonyl (C=O) groups excluding carboxylic acids is 1. The van der Waals surface area contributed by atoms with Gasteiger partial charge in [0.1, 0.15) is 6.04 Å². The quantitative estimate of drug-likeness (QED) is 0.486. The molecule has 0 aliphatic carbocycles. The lowest BCUT2D eigenvalue weighted by Gasteiger charge is -2.11. The van der Waals surface area contributed by atoms with Crippen molar-refractivity contribution in [3.63, 3.8) is 0 Å². The summed E-state index contributed by atoms with van der Waals surface area (Å²) in [6.45, 7) is 7.20. The van der Waals surface area contributed by atoms with Gasteiger partial charge in [0.2, 0.25) is 0 Å². The molecule has 0 heterocycles. The van der Waals surface area contributed by atoms with Crippen molar-refractivity contribution in [3.8, 4) is 0 Å². The third-order valence-corrected chi connectivity index (χ3v) is 1.61. The number of esters is 1. The van der Waals surface area contributed by atoms with E-state index in [2.05, 4.69) is 12.2 Å². The van der Waals surface area contributed by atoms with Crippen LogP contribution in [-0.2, 0) is 9.53 Å². The third-order valence-electron chi connectivity index (χ3n) is 1.61. The summed E-state index contributed by atoms with van der Waals surface area (Å²) in [5.41, 5.74) is 0. The predicted molar refractivity (Wildman–Crippen MR) is 49.0 cm³/mol. The SMILES string of the molecule is CCCCOC(=O)[C@@H](C)NCC. The fourth-order valence-corrected chi connectivity index (χ4v) is 0.832. The molecule has 0 aromatic carbocycles. The van der Waals surface area contributed by atoms with Crippen LogP contribution in [0, 0.1) is 0 Å². The maximum Gasteiger partial charge on any atom is 0.322 e. The molecule has 0 saturated heterocycles. The van der Waals surface area contributed by atoms with E-state index in [1.165, 1.54) is 0 Å². The van der Waals surface area contributed by atoms with Crippen LogP contribution < -0.4 is 5.32 Å². The topological polar surface area (TPSA) is 38.3 Å². The van der Waals surface area contributed by atoms with Gasteiger partial charge in [-0.2, -0.15) is 0 Å². The molecular formula is C9H19NO2. The molecule has 0 fully saturated rings.